The summed E-state index contributed by atoms with van der Waals surface area (Å²) in [7, 11) is 0. The zero-order valence-electron chi connectivity index (χ0n) is 41.2. The molecule has 0 aliphatic carbocycles. The summed E-state index contributed by atoms with van der Waals surface area (Å²) in [6.45, 7) is 50.3. The van der Waals surface area contributed by atoms with Gasteiger partial charge in [-0.2, -0.15) is 0 Å². The minimum atomic E-state index is -0.306. The second-order valence-electron chi connectivity index (χ2n) is 15.9. The van der Waals surface area contributed by atoms with Crippen molar-refractivity contribution in [3.63, 3.8) is 0 Å². The number of allylic oxidation sites excluding steroid dienone is 4. The molecule has 340 valence electrons. The van der Waals surface area contributed by atoms with E-state index in [1.807, 2.05) is 67.5 Å². The van der Waals surface area contributed by atoms with Crippen LogP contribution in [0.2, 0.25) is 0 Å². The van der Waals surface area contributed by atoms with Crippen LogP contribution >= 0.6 is 0 Å². The first-order valence-electron chi connectivity index (χ1n) is 21.7. The molecule has 0 aliphatic heterocycles. The van der Waals surface area contributed by atoms with E-state index in [0.717, 1.165) is 60.2 Å². The van der Waals surface area contributed by atoms with Gasteiger partial charge in [0, 0.05) is 35.6 Å². The van der Waals surface area contributed by atoms with Gasteiger partial charge in [-0.15, -0.1) is 13.2 Å². The van der Waals surface area contributed by atoms with Gasteiger partial charge in [0.1, 0.15) is 23.1 Å². The smallest absolute Gasteiger partial charge is 0.151 e. The fourth-order valence-corrected chi connectivity index (χ4v) is 4.84. The lowest BCUT2D eigenvalue weighted by Crippen LogP contribution is -2.41. The number of rotatable bonds is 22. The molecule has 2 unspecified atom stereocenters. The fourth-order valence-electron chi connectivity index (χ4n) is 4.84. The largest absolute Gasteiger partial charge is 0.508 e. The Bertz CT molecular complexity index is 1410. The number of hydrogen-bond donors (Lipinski definition) is 3. The van der Waals surface area contributed by atoms with Crippen LogP contribution in [0.5, 0.6) is 5.75 Å². The highest BCUT2D eigenvalue weighted by Crippen LogP contribution is 2.34. The van der Waals surface area contributed by atoms with Crippen molar-refractivity contribution in [2.24, 2.45) is 23.2 Å². The number of hydrogen-bond acceptors (Lipinski definition) is 8. The van der Waals surface area contributed by atoms with Crippen molar-refractivity contribution in [1.82, 2.24) is 10.6 Å². The third kappa shape index (κ3) is 35.6. The molecule has 0 radical (unpaired) electrons. The topological polar surface area (TPSA) is 130 Å². The van der Waals surface area contributed by atoms with E-state index in [2.05, 4.69) is 71.6 Å². The quantitative estimate of drug-likeness (QED) is 0.0986. The van der Waals surface area contributed by atoms with Gasteiger partial charge in [-0.1, -0.05) is 119 Å². The maximum atomic E-state index is 11.6. The summed E-state index contributed by atoms with van der Waals surface area (Å²) in [5.74, 6) is 1.88. The molecule has 0 spiro atoms. The van der Waals surface area contributed by atoms with Crippen molar-refractivity contribution < 1.29 is 29.1 Å². The molecule has 3 N–H and O–H groups in total. The Balaban J connectivity index is -0.000000226. The Morgan fingerprint density at radius 3 is 1.41 bits per heavy atom. The van der Waals surface area contributed by atoms with E-state index in [4.69, 9.17) is 5.11 Å². The lowest BCUT2D eigenvalue weighted by Gasteiger charge is -2.35. The Morgan fingerprint density at radius 2 is 1.07 bits per heavy atom. The molecule has 0 bridgehead atoms. The number of ketones is 5. The summed E-state index contributed by atoms with van der Waals surface area (Å²) in [5.41, 5.74) is 5.04. The molecular weight excluding hydrogens is 737 g/mol. The van der Waals surface area contributed by atoms with Gasteiger partial charge >= 0.3 is 0 Å². The molecular formula is C51H90N2O6. The molecule has 0 saturated heterocycles. The van der Waals surface area contributed by atoms with Gasteiger partial charge in [-0.25, -0.2) is 0 Å². The van der Waals surface area contributed by atoms with Crippen LogP contribution in [0.4, 0.5) is 0 Å². The number of phenolic OH excluding ortho intramolecular Hbond substituents is 1. The van der Waals surface area contributed by atoms with Crippen molar-refractivity contribution >= 4 is 28.9 Å². The number of phenols is 1. The van der Waals surface area contributed by atoms with Crippen molar-refractivity contribution in [2.45, 2.75) is 188 Å². The number of carbonyl (C=O) groups is 5. The van der Waals surface area contributed by atoms with Crippen LogP contribution in [0.25, 0.3) is 0 Å². The number of Topliss-reactive ketones (excluding diaryl/α,β-unsaturated/α-hetero) is 5. The maximum absolute atomic E-state index is 11.6. The molecule has 0 fully saturated rings. The number of benzene rings is 1. The lowest BCUT2D eigenvalue weighted by molar-refractivity contribution is -0.121. The van der Waals surface area contributed by atoms with Gasteiger partial charge in [0.15, 0.2) is 11.6 Å². The van der Waals surface area contributed by atoms with Crippen LogP contribution in [0.1, 0.15) is 175 Å². The number of nitrogens with one attached hydrogen (secondary N) is 2. The van der Waals surface area contributed by atoms with Gasteiger partial charge in [0.05, 0.1) is 12.1 Å². The molecule has 5 atom stereocenters. The Labute approximate surface area is 363 Å². The fraction of sp³-hybridized carbons (Fsp3) is 0.627. The molecule has 59 heavy (non-hydrogen) atoms. The first kappa shape index (κ1) is 64.1. The summed E-state index contributed by atoms with van der Waals surface area (Å²) in [6.07, 6.45) is 5.98. The average molecular weight is 827 g/mol. The molecule has 1 rings (SSSR count). The molecule has 0 heterocycles. The summed E-state index contributed by atoms with van der Waals surface area (Å²) < 4.78 is 0. The van der Waals surface area contributed by atoms with Crippen LogP contribution in [-0.4, -0.2) is 46.1 Å². The third-order valence-corrected chi connectivity index (χ3v) is 9.88. The predicted molar refractivity (Wildman–Crippen MR) is 255 cm³/mol. The molecule has 8 nitrogen and oxygen atoms in total. The van der Waals surface area contributed by atoms with Gasteiger partial charge in [-0.3, -0.25) is 14.4 Å². The zero-order valence-corrected chi connectivity index (χ0v) is 41.2. The first-order chi connectivity index (χ1) is 27.2. The Kier molecular flexibility index (Phi) is 40.2. The van der Waals surface area contributed by atoms with Crippen LogP contribution in [0.15, 0.2) is 73.1 Å². The molecule has 0 amide bonds. The van der Waals surface area contributed by atoms with Crippen LogP contribution in [0.3, 0.4) is 0 Å². The van der Waals surface area contributed by atoms with Gasteiger partial charge < -0.3 is 25.3 Å². The second-order valence-corrected chi connectivity index (χ2v) is 15.9. The summed E-state index contributed by atoms with van der Waals surface area (Å²) in [4.78, 5) is 55.1. The molecule has 1 aromatic carbocycles. The van der Waals surface area contributed by atoms with Crippen molar-refractivity contribution in [1.29, 1.82) is 0 Å². The van der Waals surface area contributed by atoms with E-state index in [-0.39, 0.29) is 58.1 Å². The minimum absolute atomic E-state index is 0.0577. The van der Waals surface area contributed by atoms with Crippen molar-refractivity contribution in [3.8, 4) is 5.75 Å². The SMILES string of the molecule is C=C(C)CCC(NC(=C)[C@@H](C)CC(=C)C)C(C)=O.C=C(N[C@@H](CCC(C)=O)C(C)=O)C(C)(C)C(C)CC.CC.CC.CC(=O)[C@@H](C)Cc1ccc(O)cc1.CCC(C)=O. The second kappa shape index (κ2) is 37.0. The molecule has 8 heteroatoms. The summed E-state index contributed by atoms with van der Waals surface area (Å²) in [6, 6.07) is 6.51. The van der Waals surface area contributed by atoms with E-state index >= 15 is 0 Å². The summed E-state index contributed by atoms with van der Waals surface area (Å²) in [5, 5.41) is 15.5. The summed E-state index contributed by atoms with van der Waals surface area (Å²) >= 11 is 0. The van der Waals surface area contributed by atoms with Gasteiger partial charge in [0.25, 0.3) is 0 Å². The number of carbonyl (C=O) groups excluding carboxylic acids is 5. The molecule has 0 aliphatic rings. The normalized spacial score (nSPS) is 12.4. The van der Waals surface area contributed by atoms with E-state index in [1.54, 1.807) is 46.8 Å². The van der Waals surface area contributed by atoms with E-state index in [1.165, 1.54) is 0 Å². The van der Waals surface area contributed by atoms with Crippen LogP contribution < -0.4 is 10.6 Å². The first-order valence-corrected chi connectivity index (χ1v) is 21.7. The van der Waals surface area contributed by atoms with E-state index in [0.29, 0.717) is 31.1 Å². The predicted octanol–water partition coefficient (Wildman–Crippen LogP) is 12.7. The molecule has 1 aromatic rings. The van der Waals surface area contributed by atoms with Gasteiger partial charge in [0.2, 0.25) is 0 Å². The Hall–Kier alpha value is -4.07. The van der Waals surface area contributed by atoms with Gasteiger partial charge in [-0.05, 0) is 110 Å². The van der Waals surface area contributed by atoms with Crippen molar-refractivity contribution in [3.05, 3.63) is 78.7 Å². The zero-order chi connectivity index (χ0) is 47.6. The third-order valence-electron chi connectivity index (χ3n) is 9.88. The van der Waals surface area contributed by atoms with E-state index in [9.17, 15) is 24.0 Å². The maximum Gasteiger partial charge on any atom is 0.151 e. The average Bonchev–Trinajstić information content (AvgIpc) is 3.16. The molecule has 0 saturated carbocycles. The minimum Gasteiger partial charge on any atom is -0.508 e. The van der Waals surface area contributed by atoms with Crippen LogP contribution in [0, 0.1) is 23.2 Å². The Morgan fingerprint density at radius 1 is 0.644 bits per heavy atom. The highest BCUT2D eigenvalue weighted by atomic mass is 16.3. The lowest BCUT2D eigenvalue weighted by atomic mass is 9.76. The molecule has 0 aromatic heterocycles. The van der Waals surface area contributed by atoms with Crippen LogP contribution in [-0.2, 0) is 30.4 Å². The van der Waals surface area contributed by atoms with E-state index < -0.39 is 0 Å². The highest BCUT2D eigenvalue weighted by molar-refractivity contribution is 5.83. The number of aromatic hydroxyl groups is 1. The standard InChI is InChI=1S/C16H29NO2.C16H27NO.C11H14O2.C4H8O.2C2H6/c1-8-11(2)16(6,7)14(5)17-15(13(4)19)10-9-12(3)18;1-11(2)8-9-16(15(7)18)17-14(6)13(5)10-12(3)4;1-8(9(2)12)7-10-3-5-11(13)6-4-10;1-3-4(2)5;2*1-2/h11,15,17H,5,8-10H2,1-4,6-7H3;13,16-17H,1,3,6,8-10H2,2,4-5,7H3;3-6,8,13H,7H2,1-2H3;3H2,1-2H3;2*1-2H3/t11?,15-;13-,16?;8-;;;/m000.../s1. The monoisotopic (exact) mass is 827 g/mol. The van der Waals surface area contributed by atoms with Crippen molar-refractivity contribution in [2.75, 3.05) is 0 Å². The highest BCUT2D eigenvalue weighted by Gasteiger charge is 2.30.